The van der Waals surface area contributed by atoms with Crippen molar-refractivity contribution in [3.63, 3.8) is 0 Å². The Balaban J connectivity index is 1.37. The van der Waals surface area contributed by atoms with Gasteiger partial charge in [0.05, 0.1) is 36.8 Å². The molecule has 1 N–H and O–H groups in total. The second kappa shape index (κ2) is 11.4. The van der Waals surface area contributed by atoms with Gasteiger partial charge in [0.1, 0.15) is 17.7 Å². The van der Waals surface area contributed by atoms with E-state index in [2.05, 4.69) is 15.1 Å². The number of fused-ring (bicyclic) bond motifs is 3. The van der Waals surface area contributed by atoms with E-state index in [1.807, 2.05) is 12.1 Å². The van der Waals surface area contributed by atoms with Crippen LogP contribution in [0.1, 0.15) is 12.0 Å². The van der Waals surface area contributed by atoms with Crippen LogP contribution in [0, 0.1) is 5.82 Å². The highest BCUT2D eigenvalue weighted by Crippen LogP contribution is 2.50. The van der Waals surface area contributed by atoms with Crippen LogP contribution >= 0.6 is 11.3 Å². The highest BCUT2D eigenvalue weighted by atomic mass is 32.1. The first-order chi connectivity index (χ1) is 20.2. The SMILES string of the molecule is COc1cc(Oc2c(-c3ccc(F)cc3CC(F)(F)F)sc3c2ccc2[nH]ncc23)ccc1OC1CN(CCCF)C1. The van der Waals surface area contributed by atoms with Crippen molar-refractivity contribution >= 4 is 32.3 Å². The molecule has 5 aromatic rings. The normalized spacial score (nSPS) is 14.4. The molecule has 3 heterocycles. The molecule has 1 aliphatic heterocycles. The number of hydrogen-bond donors (Lipinski definition) is 1. The van der Waals surface area contributed by atoms with Gasteiger partial charge in [0.2, 0.25) is 0 Å². The van der Waals surface area contributed by atoms with Gasteiger partial charge in [-0.15, -0.1) is 11.3 Å². The summed E-state index contributed by atoms with van der Waals surface area (Å²) in [4.78, 5) is 2.54. The van der Waals surface area contributed by atoms with E-state index in [9.17, 15) is 22.0 Å². The predicted molar refractivity (Wildman–Crippen MR) is 151 cm³/mol. The third kappa shape index (κ3) is 5.73. The van der Waals surface area contributed by atoms with Gasteiger partial charge in [0.15, 0.2) is 17.2 Å². The summed E-state index contributed by atoms with van der Waals surface area (Å²) in [5.74, 6) is 0.904. The number of methoxy groups -OCH3 is 1. The van der Waals surface area contributed by atoms with Crippen LogP contribution in [-0.2, 0) is 6.42 Å². The number of hydrogen-bond acceptors (Lipinski definition) is 6. The lowest BCUT2D eigenvalue weighted by atomic mass is 10.0. The Hall–Kier alpha value is -3.90. The minimum Gasteiger partial charge on any atom is -0.493 e. The molecule has 6 nitrogen and oxygen atoms in total. The van der Waals surface area contributed by atoms with E-state index in [0.717, 1.165) is 27.7 Å². The number of nitrogens with one attached hydrogen (secondary N) is 1. The number of nitrogens with zero attached hydrogens (tertiary/aromatic N) is 2. The van der Waals surface area contributed by atoms with Crippen LogP contribution in [0.25, 0.3) is 31.4 Å². The van der Waals surface area contributed by atoms with Crippen molar-refractivity contribution in [2.24, 2.45) is 0 Å². The minimum absolute atomic E-state index is 0.0550. The minimum atomic E-state index is -4.54. The quantitative estimate of drug-likeness (QED) is 0.165. The molecular weight excluding hydrogens is 577 g/mol. The first-order valence-corrected chi connectivity index (χ1v) is 14.1. The number of benzene rings is 3. The number of likely N-dealkylation sites (tertiary alicyclic amines) is 1. The van der Waals surface area contributed by atoms with Gasteiger partial charge in [-0.25, -0.2) is 4.39 Å². The van der Waals surface area contributed by atoms with Crippen LogP contribution in [-0.4, -0.2) is 60.8 Å². The third-order valence-electron chi connectivity index (χ3n) is 7.11. The standard InChI is InChI=1S/C30H26F5N3O3S/c1-39-26-12-19(4-8-25(26)40-20-15-38(16-20)10-2-9-31)41-27-22-6-7-24-23(14-36-37-24)28(22)42-29(27)21-5-3-18(32)11-17(21)13-30(33,34)35/h3-8,11-12,14,20H,2,9-10,13,15-16H2,1H3,(H,36,37). The second-order valence-electron chi connectivity index (χ2n) is 10.1. The zero-order chi connectivity index (χ0) is 29.4. The Morgan fingerprint density at radius 2 is 1.88 bits per heavy atom. The summed E-state index contributed by atoms with van der Waals surface area (Å²) in [6.07, 6.45) is -3.74. The number of halogens is 5. The van der Waals surface area contributed by atoms with Crippen LogP contribution in [0.2, 0.25) is 0 Å². The maximum Gasteiger partial charge on any atom is 0.393 e. The van der Waals surface area contributed by atoms with Crippen LogP contribution in [0.5, 0.6) is 23.0 Å². The van der Waals surface area contributed by atoms with Crippen molar-refractivity contribution in [1.82, 2.24) is 15.1 Å². The number of aromatic amines is 1. The Morgan fingerprint density at radius 1 is 1.05 bits per heavy atom. The fourth-order valence-corrected chi connectivity index (χ4v) is 6.45. The lowest BCUT2D eigenvalue weighted by Gasteiger charge is -2.39. The van der Waals surface area contributed by atoms with Crippen LogP contribution < -0.4 is 14.2 Å². The van der Waals surface area contributed by atoms with E-state index in [1.54, 1.807) is 24.4 Å². The molecule has 0 bridgehead atoms. The highest BCUT2D eigenvalue weighted by molar-refractivity contribution is 7.23. The molecule has 220 valence electrons. The maximum absolute atomic E-state index is 14.1. The fourth-order valence-electron chi connectivity index (χ4n) is 5.14. The number of thiophene rings is 1. The number of rotatable bonds is 10. The molecule has 0 radical (unpaired) electrons. The molecule has 12 heteroatoms. The zero-order valence-corrected chi connectivity index (χ0v) is 23.2. The molecule has 0 saturated carbocycles. The van der Waals surface area contributed by atoms with Gasteiger partial charge in [-0.1, -0.05) is 6.07 Å². The van der Waals surface area contributed by atoms with E-state index in [0.29, 0.717) is 59.3 Å². The summed E-state index contributed by atoms with van der Waals surface area (Å²) in [5, 5.41) is 8.47. The van der Waals surface area contributed by atoms with Crippen LogP contribution in [0.15, 0.2) is 54.7 Å². The molecule has 3 aromatic carbocycles. The van der Waals surface area contributed by atoms with Crippen molar-refractivity contribution in [3.8, 4) is 33.4 Å². The summed E-state index contributed by atoms with van der Waals surface area (Å²) in [5.41, 5.74) is 0.805. The van der Waals surface area contributed by atoms with Gasteiger partial charge in [0, 0.05) is 41.2 Å². The second-order valence-corrected chi connectivity index (χ2v) is 11.1. The average molecular weight is 604 g/mol. The van der Waals surface area contributed by atoms with Crippen molar-refractivity contribution in [3.05, 3.63) is 66.1 Å². The molecule has 1 fully saturated rings. The fraction of sp³-hybridized carbons (Fsp3) is 0.300. The lowest BCUT2D eigenvalue weighted by Crippen LogP contribution is -2.53. The van der Waals surface area contributed by atoms with E-state index in [1.165, 1.54) is 24.5 Å². The van der Waals surface area contributed by atoms with E-state index in [4.69, 9.17) is 14.2 Å². The summed E-state index contributed by atoms with van der Waals surface area (Å²) < 4.78 is 85.9. The average Bonchev–Trinajstić information content (AvgIpc) is 3.54. The van der Waals surface area contributed by atoms with Gasteiger partial charge >= 0.3 is 6.18 Å². The van der Waals surface area contributed by atoms with Gasteiger partial charge in [-0.3, -0.25) is 14.4 Å². The maximum atomic E-state index is 14.1. The van der Waals surface area contributed by atoms with Crippen molar-refractivity contribution in [1.29, 1.82) is 0 Å². The van der Waals surface area contributed by atoms with E-state index < -0.39 is 18.4 Å². The van der Waals surface area contributed by atoms with Crippen molar-refractivity contribution in [2.75, 3.05) is 33.4 Å². The molecule has 42 heavy (non-hydrogen) atoms. The molecule has 0 unspecified atom stereocenters. The first-order valence-electron chi connectivity index (χ1n) is 13.3. The smallest absolute Gasteiger partial charge is 0.393 e. The summed E-state index contributed by atoms with van der Waals surface area (Å²) in [7, 11) is 1.50. The van der Waals surface area contributed by atoms with E-state index in [-0.39, 0.29) is 23.9 Å². The summed E-state index contributed by atoms with van der Waals surface area (Å²) in [6.45, 7) is 1.70. The highest BCUT2D eigenvalue weighted by Gasteiger charge is 2.31. The summed E-state index contributed by atoms with van der Waals surface area (Å²) >= 11 is 1.26. The summed E-state index contributed by atoms with van der Waals surface area (Å²) in [6, 6.07) is 12.1. The topological polar surface area (TPSA) is 59.6 Å². The number of ether oxygens (including phenoxy) is 3. The molecule has 0 amide bonds. The molecule has 0 spiro atoms. The van der Waals surface area contributed by atoms with Crippen molar-refractivity contribution < 1.29 is 36.2 Å². The molecule has 0 atom stereocenters. The Bertz CT molecular complexity index is 1730. The van der Waals surface area contributed by atoms with Crippen LogP contribution in [0.3, 0.4) is 0 Å². The molecular formula is C30H26F5N3O3S. The van der Waals surface area contributed by atoms with Gasteiger partial charge in [-0.05, 0) is 53.9 Å². The van der Waals surface area contributed by atoms with Crippen molar-refractivity contribution in [2.45, 2.75) is 25.1 Å². The molecule has 2 aromatic heterocycles. The number of aromatic nitrogens is 2. The van der Waals surface area contributed by atoms with Gasteiger partial charge in [0.25, 0.3) is 0 Å². The van der Waals surface area contributed by atoms with Gasteiger partial charge in [-0.2, -0.15) is 18.3 Å². The molecule has 1 aliphatic rings. The number of alkyl halides is 4. The monoisotopic (exact) mass is 603 g/mol. The lowest BCUT2D eigenvalue weighted by molar-refractivity contribution is -0.127. The Labute approximate surface area is 241 Å². The Morgan fingerprint density at radius 3 is 2.64 bits per heavy atom. The molecule has 6 rings (SSSR count). The predicted octanol–water partition coefficient (Wildman–Crippen LogP) is 7.91. The molecule has 1 saturated heterocycles. The Kier molecular flexibility index (Phi) is 7.67. The molecule has 0 aliphatic carbocycles. The number of H-pyrrole nitrogens is 1. The first kappa shape index (κ1) is 28.2. The van der Waals surface area contributed by atoms with E-state index >= 15 is 0 Å². The van der Waals surface area contributed by atoms with Crippen LogP contribution in [0.4, 0.5) is 22.0 Å². The zero-order valence-electron chi connectivity index (χ0n) is 22.4. The third-order valence-corrected chi connectivity index (χ3v) is 8.37. The van der Waals surface area contributed by atoms with Gasteiger partial charge < -0.3 is 14.2 Å². The largest absolute Gasteiger partial charge is 0.493 e.